The van der Waals surface area contributed by atoms with Crippen LogP contribution in [-0.2, 0) is 24.4 Å². The number of hydrogen-bond donors (Lipinski definition) is 1. The Bertz CT molecular complexity index is 1260. The summed E-state index contributed by atoms with van der Waals surface area (Å²) in [5.74, 6) is -0.626. The maximum absolute atomic E-state index is 13.4. The van der Waals surface area contributed by atoms with E-state index in [4.69, 9.17) is 4.74 Å². The van der Waals surface area contributed by atoms with Gasteiger partial charge in [0.25, 0.3) is 5.56 Å². The Balaban J connectivity index is 1.89. The third-order valence-electron chi connectivity index (χ3n) is 5.31. The van der Waals surface area contributed by atoms with Gasteiger partial charge in [0.05, 0.1) is 6.61 Å². The lowest BCUT2D eigenvalue weighted by molar-refractivity contribution is -0.274. The first kappa shape index (κ1) is 27.9. The van der Waals surface area contributed by atoms with Gasteiger partial charge in [-0.2, -0.15) is 0 Å². The molecule has 1 heterocycles. The lowest BCUT2D eigenvalue weighted by Gasteiger charge is -2.10. The number of benzene rings is 2. The summed E-state index contributed by atoms with van der Waals surface area (Å²) in [7, 11) is 0. The van der Waals surface area contributed by atoms with Crippen LogP contribution in [0.3, 0.4) is 0 Å². The molecule has 0 amide bonds. The highest BCUT2D eigenvalue weighted by molar-refractivity contribution is 5.63. The molecule has 0 saturated heterocycles. The van der Waals surface area contributed by atoms with Gasteiger partial charge in [-0.05, 0) is 53.9 Å². The van der Waals surface area contributed by atoms with Gasteiger partial charge in [-0.3, -0.25) is 4.79 Å². The molecule has 0 spiro atoms. The third kappa shape index (κ3) is 9.36. The van der Waals surface area contributed by atoms with E-state index in [0.717, 1.165) is 5.56 Å². The summed E-state index contributed by atoms with van der Waals surface area (Å²) in [4.78, 5) is 13.4. The fourth-order valence-electron chi connectivity index (χ4n) is 3.48. The van der Waals surface area contributed by atoms with Gasteiger partial charge in [-0.15, -0.1) is 13.2 Å². The Kier molecular flexibility index (Phi) is 10.2. The summed E-state index contributed by atoms with van der Waals surface area (Å²) >= 11 is 0. The van der Waals surface area contributed by atoms with Gasteiger partial charge in [0.15, 0.2) is 0 Å². The van der Waals surface area contributed by atoms with Crippen LogP contribution >= 0.6 is 0 Å². The molecule has 9 heteroatoms. The summed E-state index contributed by atoms with van der Waals surface area (Å²) in [6.07, 6.45) is -3.13. The topological polar surface area (TPSA) is 52.5 Å². The van der Waals surface area contributed by atoms with Crippen LogP contribution in [0.1, 0.15) is 18.1 Å². The van der Waals surface area contributed by atoms with E-state index in [-0.39, 0.29) is 23.7 Å². The van der Waals surface area contributed by atoms with Crippen LogP contribution < -0.4 is 15.6 Å². The van der Waals surface area contributed by atoms with Gasteiger partial charge >= 0.3 is 6.36 Å². The molecule has 0 saturated carbocycles. The first-order valence-electron chi connectivity index (χ1n) is 11.7. The molecular weight excluding hydrogens is 488 g/mol. The van der Waals surface area contributed by atoms with Gasteiger partial charge < -0.3 is 19.4 Å². The van der Waals surface area contributed by atoms with Crippen LogP contribution in [0.25, 0.3) is 11.1 Å². The number of halogens is 4. The highest BCUT2D eigenvalue weighted by atomic mass is 19.4. The van der Waals surface area contributed by atoms with Crippen LogP contribution in [-0.4, -0.2) is 24.1 Å². The molecule has 3 aromatic rings. The molecule has 0 atom stereocenters. The van der Waals surface area contributed by atoms with Gasteiger partial charge in [0, 0.05) is 38.0 Å². The molecule has 0 aliphatic heterocycles. The lowest BCUT2D eigenvalue weighted by atomic mass is 10.1. The number of nitrogens with zero attached hydrogens (tertiary/aromatic N) is 1. The van der Waals surface area contributed by atoms with Crippen molar-refractivity contribution in [2.75, 3.05) is 13.2 Å². The Morgan fingerprint density at radius 2 is 1.54 bits per heavy atom. The SMILES string of the molecule is CCOCCn1ccc(-c2ccc(OC(F)(F)F)cc2)ccccc(CNCc2ccc(F)cc2)c1=O. The predicted molar refractivity (Wildman–Crippen MR) is 134 cm³/mol. The highest BCUT2D eigenvalue weighted by Gasteiger charge is 2.30. The Morgan fingerprint density at radius 1 is 0.865 bits per heavy atom. The van der Waals surface area contributed by atoms with E-state index in [9.17, 15) is 22.4 Å². The van der Waals surface area contributed by atoms with Crippen molar-refractivity contribution in [2.45, 2.75) is 32.9 Å². The minimum Gasteiger partial charge on any atom is -0.406 e. The van der Waals surface area contributed by atoms with Crippen LogP contribution in [0, 0.1) is 5.82 Å². The van der Waals surface area contributed by atoms with E-state index in [1.54, 1.807) is 48.7 Å². The molecule has 1 N–H and O–H groups in total. The molecular formula is C28H28F4N2O3. The summed E-state index contributed by atoms with van der Waals surface area (Å²) in [5.41, 5.74) is 2.53. The molecule has 196 valence electrons. The molecule has 37 heavy (non-hydrogen) atoms. The monoisotopic (exact) mass is 516 g/mol. The van der Waals surface area contributed by atoms with Crippen molar-refractivity contribution >= 4 is 0 Å². The quantitative estimate of drug-likeness (QED) is 0.265. The number of aromatic nitrogens is 1. The summed E-state index contributed by atoms with van der Waals surface area (Å²) < 4.78 is 61.5. The third-order valence-corrected chi connectivity index (χ3v) is 5.31. The smallest absolute Gasteiger partial charge is 0.406 e. The molecule has 1 aromatic heterocycles. The molecule has 3 rings (SSSR count). The largest absolute Gasteiger partial charge is 0.573 e. The standard InChI is InChI=1S/C28H28F4N2O3/c1-2-36-18-17-34-16-15-22(23-9-13-26(14-10-23)37-28(30,31)32)5-3-4-6-24(27(34)35)20-33-19-21-7-11-25(29)12-8-21/h3-16,33H,2,17-20H2,1H3. The zero-order chi connectivity index (χ0) is 26.7. The molecule has 0 aliphatic rings. The second-order valence-corrected chi connectivity index (χ2v) is 8.01. The van der Waals surface area contributed by atoms with E-state index in [1.165, 1.54) is 41.0 Å². The zero-order valence-electron chi connectivity index (χ0n) is 20.3. The first-order valence-corrected chi connectivity index (χ1v) is 11.7. The maximum Gasteiger partial charge on any atom is 0.573 e. The fourth-order valence-corrected chi connectivity index (χ4v) is 3.48. The average molecular weight is 517 g/mol. The van der Waals surface area contributed by atoms with Crippen LogP contribution in [0.5, 0.6) is 5.75 Å². The normalized spacial score (nSPS) is 11.2. The van der Waals surface area contributed by atoms with E-state index >= 15 is 0 Å². The van der Waals surface area contributed by atoms with Crippen molar-refractivity contribution in [3.05, 3.63) is 112 Å². The minimum absolute atomic E-state index is 0.220. The summed E-state index contributed by atoms with van der Waals surface area (Å²) in [5, 5.41) is 3.21. The van der Waals surface area contributed by atoms with Crippen molar-refractivity contribution < 1.29 is 27.0 Å². The fraction of sp³-hybridized carbons (Fsp3) is 0.250. The van der Waals surface area contributed by atoms with E-state index in [2.05, 4.69) is 10.1 Å². The molecule has 0 bridgehead atoms. The summed E-state index contributed by atoms with van der Waals surface area (Å²) in [6, 6.07) is 20.4. The number of alkyl halides is 3. The zero-order valence-corrected chi connectivity index (χ0v) is 20.3. The van der Waals surface area contributed by atoms with Gasteiger partial charge in [0.1, 0.15) is 11.6 Å². The van der Waals surface area contributed by atoms with Crippen LogP contribution in [0.15, 0.2) is 89.9 Å². The second-order valence-electron chi connectivity index (χ2n) is 8.01. The van der Waals surface area contributed by atoms with E-state index in [0.29, 0.717) is 43.0 Å². The van der Waals surface area contributed by atoms with E-state index in [1.807, 2.05) is 6.92 Å². The van der Waals surface area contributed by atoms with Crippen molar-refractivity contribution in [1.82, 2.24) is 9.88 Å². The second kappa shape index (κ2) is 13.6. The predicted octanol–water partition coefficient (Wildman–Crippen LogP) is 6.00. The van der Waals surface area contributed by atoms with Crippen molar-refractivity contribution in [2.24, 2.45) is 0 Å². The minimum atomic E-state index is -4.76. The van der Waals surface area contributed by atoms with Crippen molar-refractivity contribution in [1.29, 1.82) is 0 Å². The average Bonchev–Trinajstić information content (AvgIpc) is 2.86. The number of rotatable bonds is 10. The summed E-state index contributed by atoms with van der Waals surface area (Å²) in [6.45, 7) is 3.77. The Morgan fingerprint density at radius 3 is 2.22 bits per heavy atom. The maximum atomic E-state index is 13.4. The van der Waals surface area contributed by atoms with Crippen molar-refractivity contribution in [3.63, 3.8) is 0 Å². The van der Waals surface area contributed by atoms with Crippen LogP contribution in [0.2, 0.25) is 0 Å². The molecule has 0 aliphatic carbocycles. The number of ether oxygens (including phenoxy) is 2. The number of nitrogens with one attached hydrogen (secondary N) is 1. The molecule has 2 aromatic carbocycles. The van der Waals surface area contributed by atoms with Gasteiger partial charge in [-0.1, -0.05) is 48.5 Å². The molecule has 0 fully saturated rings. The van der Waals surface area contributed by atoms with Gasteiger partial charge in [0.2, 0.25) is 0 Å². The number of hydrogen-bond acceptors (Lipinski definition) is 4. The first-order chi connectivity index (χ1) is 17.7. The van der Waals surface area contributed by atoms with E-state index < -0.39 is 6.36 Å². The van der Waals surface area contributed by atoms with Crippen LogP contribution in [0.4, 0.5) is 17.6 Å². The molecule has 5 nitrogen and oxygen atoms in total. The van der Waals surface area contributed by atoms with Gasteiger partial charge in [-0.25, -0.2) is 4.39 Å². The molecule has 0 unspecified atom stereocenters. The highest BCUT2D eigenvalue weighted by Crippen LogP contribution is 2.26. The Labute approximate surface area is 212 Å². The molecule has 0 radical (unpaired) electrons. The lowest BCUT2D eigenvalue weighted by Crippen LogP contribution is -2.26. The van der Waals surface area contributed by atoms with Crippen molar-refractivity contribution in [3.8, 4) is 16.9 Å². The Hall–Kier alpha value is -3.69.